The van der Waals surface area contributed by atoms with E-state index < -0.39 is 24.0 Å². The minimum absolute atomic E-state index is 0.0989. The van der Waals surface area contributed by atoms with Gasteiger partial charge in [0, 0.05) is 16.8 Å². The number of urea groups is 1. The summed E-state index contributed by atoms with van der Waals surface area (Å²) in [4.78, 5) is 24.1. The number of carbonyl (C=O) groups is 2. The van der Waals surface area contributed by atoms with Gasteiger partial charge in [0.25, 0.3) is 0 Å². The molecule has 8 heteroatoms. The van der Waals surface area contributed by atoms with Crippen LogP contribution in [0.5, 0.6) is 11.5 Å². The fraction of sp³-hybridized carbons (Fsp3) is 0.333. The number of carbonyl (C=O) groups excluding carboxylic acids is 2. The van der Waals surface area contributed by atoms with Gasteiger partial charge < -0.3 is 24.8 Å². The van der Waals surface area contributed by atoms with Crippen LogP contribution in [0, 0.1) is 5.92 Å². The van der Waals surface area contributed by atoms with Crippen LogP contribution in [0.3, 0.4) is 0 Å². The third-order valence-corrected chi connectivity index (χ3v) is 3.96. The molecule has 3 rings (SSSR count). The van der Waals surface area contributed by atoms with E-state index in [1.54, 1.807) is 19.1 Å². The van der Waals surface area contributed by atoms with Gasteiger partial charge in [-0.15, -0.1) is 0 Å². The Bertz CT molecular complexity index is 691. The van der Waals surface area contributed by atoms with E-state index in [9.17, 15) is 9.59 Å². The normalized spacial score (nSPS) is 22.3. The number of esters is 1. The van der Waals surface area contributed by atoms with Gasteiger partial charge in [-0.05, 0) is 18.6 Å². The third-order valence-electron chi connectivity index (χ3n) is 3.64. The second-order valence-electron chi connectivity index (χ2n) is 5.06. The second-order valence-corrected chi connectivity index (χ2v) is 5.47. The predicted molar refractivity (Wildman–Crippen MR) is 81.2 cm³/mol. The molecule has 0 spiro atoms. The maximum Gasteiger partial charge on any atom is 0.319 e. The molecule has 122 valence electrons. The summed E-state index contributed by atoms with van der Waals surface area (Å²) in [5.41, 5.74) is 0.788. The summed E-state index contributed by atoms with van der Waals surface area (Å²) < 4.78 is 15.7. The molecular weight excluding hydrogens is 324 g/mol. The molecule has 7 nitrogen and oxygen atoms in total. The van der Waals surface area contributed by atoms with E-state index in [1.165, 1.54) is 0 Å². The molecule has 0 bridgehead atoms. The van der Waals surface area contributed by atoms with Gasteiger partial charge in [-0.2, -0.15) is 0 Å². The number of nitrogens with one attached hydrogen (secondary N) is 2. The number of benzene rings is 1. The topological polar surface area (TPSA) is 85.9 Å². The molecule has 1 aromatic carbocycles. The second kappa shape index (κ2) is 6.00. The molecule has 2 aliphatic rings. The molecule has 1 aromatic rings. The van der Waals surface area contributed by atoms with Crippen molar-refractivity contribution >= 4 is 23.6 Å². The molecule has 2 heterocycles. The van der Waals surface area contributed by atoms with Crippen molar-refractivity contribution in [2.45, 2.75) is 13.0 Å². The summed E-state index contributed by atoms with van der Waals surface area (Å²) in [6, 6.07) is 2.07. The van der Waals surface area contributed by atoms with Crippen molar-refractivity contribution in [2.75, 3.05) is 13.4 Å². The van der Waals surface area contributed by atoms with Gasteiger partial charge >= 0.3 is 12.0 Å². The Labute approximate surface area is 137 Å². The van der Waals surface area contributed by atoms with E-state index >= 15 is 0 Å². The molecule has 2 aliphatic heterocycles. The van der Waals surface area contributed by atoms with Crippen LogP contribution in [-0.4, -0.2) is 25.4 Å². The first kappa shape index (κ1) is 15.5. The predicted octanol–water partition coefficient (Wildman–Crippen LogP) is 2.12. The van der Waals surface area contributed by atoms with E-state index in [0.717, 1.165) is 0 Å². The minimum atomic E-state index is -0.800. The van der Waals surface area contributed by atoms with Crippen molar-refractivity contribution in [3.05, 3.63) is 35.0 Å². The van der Waals surface area contributed by atoms with Gasteiger partial charge in [0.2, 0.25) is 6.79 Å². The maximum atomic E-state index is 12.3. The maximum absolute atomic E-state index is 12.3. The zero-order valence-electron chi connectivity index (χ0n) is 12.3. The quantitative estimate of drug-likeness (QED) is 0.824. The summed E-state index contributed by atoms with van der Waals surface area (Å²) in [5, 5.41) is 5.54. The molecule has 0 aliphatic carbocycles. The van der Waals surface area contributed by atoms with Crippen LogP contribution in [0.15, 0.2) is 24.4 Å². The molecule has 23 heavy (non-hydrogen) atoms. The summed E-state index contributed by atoms with van der Waals surface area (Å²) in [7, 11) is 0. The first-order chi connectivity index (χ1) is 11.0. The van der Waals surface area contributed by atoms with Crippen LogP contribution in [-0.2, 0) is 9.53 Å². The van der Waals surface area contributed by atoms with E-state index in [4.69, 9.17) is 25.8 Å². The zero-order chi connectivity index (χ0) is 16.6. The summed E-state index contributed by atoms with van der Waals surface area (Å²) in [6.07, 6.45) is 0. The van der Waals surface area contributed by atoms with Crippen LogP contribution in [0.2, 0.25) is 5.02 Å². The molecule has 2 unspecified atom stereocenters. The van der Waals surface area contributed by atoms with Crippen LogP contribution < -0.4 is 20.1 Å². The van der Waals surface area contributed by atoms with Crippen molar-refractivity contribution in [1.29, 1.82) is 0 Å². The Morgan fingerprint density at radius 1 is 1.43 bits per heavy atom. The number of ether oxygens (including phenoxy) is 3. The lowest BCUT2D eigenvalue weighted by Gasteiger charge is -2.33. The summed E-state index contributed by atoms with van der Waals surface area (Å²) in [5.74, 6) is -0.273. The monoisotopic (exact) mass is 338 g/mol. The standard InChI is InChI=1S/C15H15ClN2O5/c1-3-21-14(19)12-7(2)17-15(20)18-13(12)8-4-10-11(5-9(8)16)23-6-22-10/h4-5,12-13H,2-3,6H2,1H3,(H2,17,18,20). The van der Waals surface area contributed by atoms with Crippen LogP contribution in [0.1, 0.15) is 18.5 Å². The van der Waals surface area contributed by atoms with Gasteiger partial charge in [-0.3, -0.25) is 4.79 Å². The van der Waals surface area contributed by atoms with Crippen LogP contribution >= 0.6 is 11.6 Å². The van der Waals surface area contributed by atoms with E-state index in [0.29, 0.717) is 22.1 Å². The fourth-order valence-electron chi connectivity index (χ4n) is 2.62. The number of hydrogen-bond acceptors (Lipinski definition) is 5. The Kier molecular flexibility index (Phi) is 4.04. The Morgan fingerprint density at radius 2 is 2.13 bits per heavy atom. The van der Waals surface area contributed by atoms with Crippen LogP contribution in [0.4, 0.5) is 4.79 Å². The molecule has 2 N–H and O–H groups in total. The van der Waals surface area contributed by atoms with E-state index in [1.807, 2.05) is 0 Å². The molecule has 1 saturated heterocycles. The lowest BCUT2D eigenvalue weighted by atomic mass is 9.89. The zero-order valence-corrected chi connectivity index (χ0v) is 13.1. The third kappa shape index (κ3) is 2.79. The summed E-state index contributed by atoms with van der Waals surface area (Å²) >= 11 is 6.29. The number of halogens is 1. The lowest BCUT2D eigenvalue weighted by Crippen LogP contribution is -2.51. The average Bonchev–Trinajstić information content (AvgIpc) is 2.92. The van der Waals surface area contributed by atoms with Crippen molar-refractivity contribution in [3.63, 3.8) is 0 Å². The minimum Gasteiger partial charge on any atom is -0.465 e. The van der Waals surface area contributed by atoms with Crippen molar-refractivity contribution in [2.24, 2.45) is 5.92 Å². The Morgan fingerprint density at radius 3 is 2.83 bits per heavy atom. The van der Waals surface area contributed by atoms with Gasteiger partial charge in [0.1, 0.15) is 5.92 Å². The number of amides is 2. The van der Waals surface area contributed by atoms with E-state index in [2.05, 4.69) is 17.2 Å². The van der Waals surface area contributed by atoms with Gasteiger partial charge in [-0.25, -0.2) is 4.79 Å². The number of hydrogen-bond donors (Lipinski definition) is 2. The first-order valence-corrected chi connectivity index (χ1v) is 7.41. The smallest absolute Gasteiger partial charge is 0.319 e. The van der Waals surface area contributed by atoms with Gasteiger partial charge in [0.05, 0.1) is 12.6 Å². The first-order valence-electron chi connectivity index (χ1n) is 7.03. The van der Waals surface area contributed by atoms with Crippen LogP contribution in [0.25, 0.3) is 0 Å². The van der Waals surface area contributed by atoms with Crippen molar-refractivity contribution in [1.82, 2.24) is 10.6 Å². The SMILES string of the molecule is C=C1NC(=O)NC(c2cc3c(cc2Cl)OCO3)C1C(=O)OCC. The molecule has 0 saturated carbocycles. The lowest BCUT2D eigenvalue weighted by molar-refractivity contribution is -0.147. The van der Waals surface area contributed by atoms with Crippen molar-refractivity contribution in [3.8, 4) is 11.5 Å². The highest BCUT2D eigenvalue weighted by atomic mass is 35.5. The van der Waals surface area contributed by atoms with Crippen molar-refractivity contribution < 1.29 is 23.8 Å². The molecule has 2 atom stereocenters. The average molecular weight is 339 g/mol. The Hall–Kier alpha value is -2.41. The molecule has 0 radical (unpaired) electrons. The number of fused-ring (bicyclic) bond motifs is 1. The van der Waals surface area contributed by atoms with Gasteiger partial charge in [-0.1, -0.05) is 18.2 Å². The summed E-state index contributed by atoms with van der Waals surface area (Å²) in [6.45, 7) is 5.78. The largest absolute Gasteiger partial charge is 0.465 e. The number of rotatable bonds is 3. The Balaban J connectivity index is 2.01. The molecule has 0 aromatic heterocycles. The fourth-order valence-corrected chi connectivity index (χ4v) is 2.90. The highest BCUT2D eigenvalue weighted by Crippen LogP contribution is 2.42. The molecular formula is C15H15ClN2O5. The highest BCUT2D eigenvalue weighted by Gasteiger charge is 2.40. The molecule has 2 amide bonds. The van der Waals surface area contributed by atoms with E-state index in [-0.39, 0.29) is 19.1 Å². The van der Waals surface area contributed by atoms with Gasteiger partial charge in [0.15, 0.2) is 11.5 Å². The highest BCUT2D eigenvalue weighted by molar-refractivity contribution is 6.31. The molecule has 1 fully saturated rings.